The van der Waals surface area contributed by atoms with Gasteiger partial charge in [0.05, 0.1) is 25.4 Å². The van der Waals surface area contributed by atoms with Crippen molar-refractivity contribution in [2.75, 3.05) is 46.1 Å². The Morgan fingerprint density at radius 3 is 1.00 bits per heavy atom. The lowest BCUT2D eigenvalue weighted by molar-refractivity contribution is -0.0113. The fourth-order valence-electron chi connectivity index (χ4n) is 5.90. The molecule has 0 saturated carbocycles. The molecular weight excluding hydrogens is 534 g/mol. The zero-order chi connectivity index (χ0) is 31.5. The Labute approximate surface area is 270 Å². The van der Waals surface area contributed by atoms with E-state index in [4.69, 9.17) is 9.47 Å². The van der Waals surface area contributed by atoms with E-state index in [-0.39, 0.29) is 0 Å². The summed E-state index contributed by atoms with van der Waals surface area (Å²) in [6.07, 6.45) is 32.8. The SMILES string of the molecule is CCCCCCCCCCCCN(CC(O)COCCCCCCCCCC)CC(O)COCCCCCCCCCC. The minimum atomic E-state index is -0.511. The fraction of sp³-hybridized carbons (Fsp3) is 1.00. The van der Waals surface area contributed by atoms with Crippen LogP contribution in [0.3, 0.4) is 0 Å². The van der Waals surface area contributed by atoms with E-state index < -0.39 is 12.2 Å². The summed E-state index contributed by atoms with van der Waals surface area (Å²) >= 11 is 0. The Morgan fingerprint density at radius 1 is 0.395 bits per heavy atom. The normalized spacial score (nSPS) is 13.3. The molecule has 0 aliphatic rings. The van der Waals surface area contributed by atoms with E-state index in [1.807, 2.05) is 0 Å². The fourth-order valence-corrected chi connectivity index (χ4v) is 5.90. The van der Waals surface area contributed by atoms with Crippen LogP contribution in [0.5, 0.6) is 0 Å². The Bertz CT molecular complexity index is 474. The van der Waals surface area contributed by atoms with Gasteiger partial charge in [-0.3, -0.25) is 4.90 Å². The molecule has 0 aromatic rings. The number of rotatable bonds is 37. The van der Waals surface area contributed by atoms with Crippen molar-refractivity contribution in [1.82, 2.24) is 4.90 Å². The number of unbranched alkanes of at least 4 members (excludes halogenated alkanes) is 23. The molecule has 0 amide bonds. The molecule has 0 heterocycles. The molecule has 2 unspecified atom stereocenters. The largest absolute Gasteiger partial charge is 0.389 e. The minimum Gasteiger partial charge on any atom is -0.389 e. The van der Waals surface area contributed by atoms with Crippen molar-refractivity contribution in [3.05, 3.63) is 0 Å². The maximum Gasteiger partial charge on any atom is 0.0900 e. The Hall–Kier alpha value is -0.200. The summed E-state index contributed by atoms with van der Waals surface area (Å²) in [7, 11) is 0. The summed E-state index contributed by atoms with van der Waals surface area (Å²) in [4.78, 5) is 2.24. The molecule has 0 rings (SSSR count). The van der Waals surface area contributed by atoms with Crippen LogP contribution in [-0.4, -0.2) is 73.4 Å². The number of hydrogen-bond acceptors (Lipinski definition) is 5. The van der Waals surface area contributed by atoms with E-state index in [9.17, 15) is 10.2 Å². The van der Waals surface area contributed by atoms with Crippen molar-refractivity contribution in [2.45, 2.75) is 200 Å². The topological polar surface area (TPSA) is 62.2 Å². The molecule has 43 heavy (non-hydrogen) atoms. The predicted molar refractivity (Wildman–Crippen MR) is 187 cm³/mol. The predicted octanol–water partition coefficient (Wildman–Crippen LogP) is 10.2. The zero-order valence-corrected chi connectivity index (χ0v) is 29.6. The summed E-state index contributed by atoms with van der Waals surface area (Å²) in [5, 5.41) is 21.4. The van der Waals surface area contributed by atoms with E-state index >= 15 is 0 Å². The minimum absolute atomic E-state index is 0.385. The van der Waals surface area contributed by atoms with Gasteiger partial charge in [0.1, 0.15) is 0 Å². The van der Waals surface area contributed by atoms with Crippen LogP contribution in [0.15, 0.2) is 0 Å². The number of ether oxygens (including phenoxy) is 2. The molecule has 0 saturated heterocycles. The second kappa shape index (κ2) is 36.3. The van der Waals surface area contributed by atoms with Crippen LogP contribution in [0.4, 0.5) is 0 Å². The maximum absolute atomic E-state index is 10.7. The molecule has 0 radical (unpaired) electrons. The van der Waals surface area contributed by atoms with E-state index in [0.717, 1.165) is 39.0 Å². The van der Waals surface area contributed by atoms with Crippen LogP contribution < -0.4 is 0 Å². The van der Waals surface area contributed by atoms with Gasteiger partial charge in [0.25, 0.3) is 0 Å². The van der Waals surface area contributed by atoms with Gasteiger partial charge in [0, 0.05) is 26.3 Å². The third-order valence-electron chi connectivity index (χ3n) is 8.67. The Morgan fingerprint density at radius 2 is 0.674 bits per heavy atom. The van der Waals surface area contributed by atoms with Crippen molar-refractivity contribution in [1.29, 1.82) is 0 Å². The van der Waals surface area contributed by atoms with E-state index in [1.165, 1.54) is 148 Å². The molecule has 2 N–H and O–H groups in total. The highest BCUT2D eigenvalue weighted by Crippen LogP contribution is 2.12. The van der Waals surface area contributed by atoms with Crippen LogP contribution in [0.2, 0.25) is 0 Å². The van der Waals surface area contributed by atoms with Gasteiger partial charge in [-0.15, -0.1) is 0 Å². The van der Waals surface area contributed by atoms with Crippen molar-refractivity contribution in [3.63, 3.8) is 0 Å². The molecule has 0 aliphatic carbocycles. The molecule has 5 heteroatoms. The molecule has 0 spiro atoms. The molecule has 0 aromatic heterocycles. The number of hydrogen-bond donors (Lipinski definition) is 2. The molecule has 2 atom stereocenters. The van der Waals surface area contributed by atoms with Crippen molar-refractivity contribution < 1.29 is 19.7 Å². The van der Waals surface area contributed by atoms with Crippen LogP contribution in [0.25, 0.3) is 0 Å². The van der Waals surface area contributed by atoms with Gasteiger partial charge in [-0.05, 0) is 25.8 Å². The van der Waals surface area contributed by atoms with Crippen LogP contribution in [-0.2, 0) is 9.47 Å². The third-order valence-corrected chi connectivity index (χ3v) is 8.67. The summed E-state index contributed by atoms with van der Waals surface area (Å²) in [6, 6.07) is 0. The van der Waals surface area contributed by atoms with Crippen LogP contribution >= 0.6 is 0 Å². The quantitative estimate of drug-likeness (QED) is 0.0683. The first-order chi connectivity index (χ1) is 21.1. The van der Waals surface area contributed by atoms with Gasteiger partial charge in [0.2, 0.25) is 0 Å². The van der Waals surface area contributed by atoms with Gasteiger partial charge in [0.15, 0.2) is 0 Å². The highest BCUT2D eigenvalue weighted by atomic mass is 16.5. The maximum atomic E-state index is 10.7. The van der Waals surface area contributed by atoms with Crippen molar-refractivity contribution in [2.24, 2.45) is 0 Å². The van der Waals surface area contributed by atoms with Gasteiger partial charge < -0.3 is 19.7 Å². The van der Waals surface area contributed by atoms with Gasteiger partial charge in [-0.25, -0.2) is 0 Å². The van der Waals surface area contributed by atoms with Crippen LogP contribution in [0, 0.1) is 0 Å². The molecule has 0 bridgehead atoms. The number of aliphatic hydroxyl groups excluding tert-OH is 2. The monoisotopic (exact) mass is 614 g/mol. The lowest BCUT2D eigenvalue weighted by Gasteiger charge is -2.27. The molecule has 5 nitrogen and oxygen atoms in total. The number of aliphatic hydroxyl groups is 2. The molecular formula is C38H79NO4. The lowest BCUT2D eigenvalue weighted by atomic mass is 10.1. The Kier molecular flexibility index (Phi) is 36.1. The summed E-state index contributed by atoms with van der Waals surface area (Å²) in [5.41, 5.74) is 0. The van der Waals surface area contributed by atoms with E-state index in [1.54, 1.807) is 0 Å². The zero-order valence-electron chi connectivity index (χ0n) is 29.6. The van der Waals surface area contributed by atoms with Gasteiger partial charge in [-0.2, -0.15) is 0 Å². The smallest absolute Gasteiger partial charge is 0.0900 e. The first-order valence-electron chi connectivity index (χ1n) is 19.4. The first kappa shape index (κ1) is 42.8. The summed E-state index contributed by atoms with van der Waals surface area (Å²) in [6.45, 7) is 11.1. The highest BCUT2D eigenvalue weighted by Gasteiger charge is 2.16. The average molecular weight is 614 g/mol. The van der Waals surface area contributed by atoms with Crippen molar-refractivity contribution >= 4 is 0 Å². The van der Waals surface area contributed by atoms with E-state index in [0.29, 0.717) is 26.3 Å². The molecule has 0 aliphatic heterocycles. The average Bonchev–Trinajstić information content (AvgIpc) is 3.00. The highest BCUT2D eigenvalue weighted by molar-refractivity contribution is 4.69. The summed E-state index contributed by atoms with van der Waals surface area (Å²) < 4.78 is 11.7. The Balaban J connectivity index is 4.19. The molecule has 260 valence electrons. The molecule has 0 fully saturated rings. The van der Waals surface area contributed by atoms with Crippen LogP contribution in [0.1, 0.15) is 188 Å². The third kappa shape index (κ3) is 34.5. The van der Waals surface area contributed by atoms with Gasteiger partial charge >= 0.3 is 0 Å². The van der Waals surface area contributed by atoms with E-state index in [2.05, 4.69) is 25.7 Å². The molecule has 0 aromatic carbocycles. The lowest BCUT2D eigenvalue weighted by Crippen LogP contribution is -2.41. The summed E-state index contributed by atoms with van der Waals surface area (Å²) in [5.74, 6) is 0. The second-order valence-corrected chi connectivity index (χ2v) is 13.3. The van der Waals surface area contributed by atoms with Gasteiger partial charge in [-0.1, -0.05) is 168 Å². The first-order valence-corrected chi connectivity index (χ1v) is 19.4. The number of nitrogens with zero attached hydrogens (tertiary/aromatic N) is 1. The second-order valence-electron chi connectivity index (χ2n) is 13.3. The standard InChI is InChI=1S/C38H79NO4/c1-4-7-10-13-16-19-20-21-24-27-30-39(33-37(40)35-42-31-28-25-22-17-14-11-8-5-2)34-38(41)36-43-32-29-26-23-18-15-12-9-6-3/h37-38,40-41H,4-36H2,1-3H3. The van der Waals surface area contributed by atoms with Crippen molar-refractivity contribution in [3.8, 4) is 0 Å².